The number of rotatable bonds is 3. The van der Waals surface area contributed by atoms with Gasteiger partial charge in [0.1, 0.15) is 4.90 Å². The first kappa shape index (κ1) is 15.5. The fraction of sp³-hybridized carbons (Fsp3) is 0.143. The molecule has 0 heterocycles. The van der Waals surface area contributed by atoms with E-state index in [9.17, 15) is 8.42 Å². The zero-order valence-electron chi connectivity index (χ0n) is 10.9. The summed E-state index contributed by atoms with van der Waals surface area (Å²) in [5.74, 6) is 0. The van der Waals surface area contributed by atoms with Crippen LogP contribution in [0.3, 0.4) is 0 Å². The molecule has 2 aromatic rings. The van der Waals surface area contributed by atoms with E-state index in [1.165, 1.54) is 0 Å². The van der Waals surface area contributed by atoms with Crippen molar-refractivity contribution in [1.82, 2.24) is 0 Å². The van der Waals surface area contributed by atoms with E-state index in [0.717, 1.165) is 15.6 Å². The molecule has 0 aromatic heterocycles. The Morgan fingerprint density at radius 1 is 0.950 bits per heavy atom. The first-order valence-electron chi connectivity index (χ1n) is 5.85. The van der Waals surface area contributed by atoms with Crippen LogP contribution in [0.25, 0.3) is 0 Å². The van der Waals surface area contributed by atoms with Crippen LogP contribution in [0.5, 0.6) is 0 Å². The summed E-state index contributed by atoms with van der Waals surface area (Å²) in [4.78, 5) is 0.222. The minimum atomic E-state index is -3.61. The van der Waals surface area contributed by atoms with Gasteiger partial charge in [0.15, 0.2) is 0 Å². The first-order chi connectivity index (χ1) is 9.29. The molecule has 0 bridgehead atoms. The van der Waals surface area contributed by atoms with Crippen molar-refractivity contribution >= 4 is 47.6 Å². The predicted octanol–water partition coefficient (Wildman–Crippen LogP) is 4.63. The van der Waals surface area contributed by atoms with E-state index in [4.69, 9.17) is 0 Å². The third-order valence-electron chi connectivity index (χ3n) is 2.80. The van der Waals surface area contributed by atoms with Crippen LogP contribution < -0.4 is 4.72 Å². The molecule has 2 rings (SSSR count). The Kier molecular flexibility index (Phi) is 4.56. The van der Waals surface area contributed by atoms with E-state index in [1.54, 1.807) is 30.3 Å². The number of anilines is 1. The smallest absolute Gasteiger partial charge is 0.263 e. The lowest BCUT2D eigenvalue weighted by molar-refractivity contribution is 0.600. The van der Waals surface area contributed by atoms with E-state index in [0.29, 0.717) is 10.2 Å². The van der Waals surface area contributed by atoms with Crippen molar-refractivity contribution in [2.75, 3.05) is 4.72 Å². The van der Waals surface area contributed by atoms with Crippen molar-refractivity contribution in [1.29, 1.82) is 0 Å². The van der Waals surface area contributed by atoms with Gasteiger partial charge in [-0.1, -0.05) is 28.1 Å². The highest BCUT2D eigenvalue weighted by Crippen LogP contribution is 2.27. The Labute approximate surface area is 135 Å². The molecule has 20 heavy (non-hydrogen) atoms. The molecule has 0 saturated carbocycles. The van der Waals surface area contributed by atoms with Gasteiger partial charge in [-0.2, -0.15) is 0 Å². The standard InChI is InChI=1S/C14H13Br2NO2S/c1-9-3-6-14(13(16)7-9)20(18,19)17-11-5-4-10(2)12(15)8-11/h3-8,17H,1-2H3. The van der Waals surface area contributed by atoms with Gasteiger partial charge in [-0.05, 0) is 65.2 Å². The van der Waals surface area contributed by atoms with Gasteiger partial charge in [-0.3, -0.25) is 4.72 Å². The zero-order chi connectivity index (χ0) is 14.9. The second-order valence-corrected chi connectivity index (χ2v) is 7.86. The Morgan fingerprint density at radius 2 is 1.65 bits per heavy atom. The van der Waals surface area contributed by atoms with E-state index in [2.05, 4.69) is 36.6 Å². The summed E-state index contributed by atoms with van der Waals surface area (Å²) in [6, 6.07) is 10.5. The lowest BCUT2D eigenvalue weighted by Crippen LogP contribution is -2.13. The van der Waals surface area contributed by atoms with Crippen LogP contribution >= 0.6 is 31.9 Å². The third-order valence-corrected chi connectivity index (χ3v) is 6.01. The van der Waals surface area contributed by atoms with Crippen LogP contribution in [0.4, 0.5) is 5.69 Å². The van der Waals surface area contributed by atoms with Gasteiger partial charge in [-0.25, -0.2) is 8.42 Å². The Bertz CT molecular complexity index is 758. The number of aryl methyl sites for hydroxylation is 2. The first-order valence-corrected chi connectivity index (χ1v) is 8.91. The number of sulfonamides is 1. The number of halogens is 2. The van der Waals surface area contributed by atoms with Gasteiger partial charge in [0, 0.05) is 14.6 Å². The van der Waals surface area contributed by atoms with Crippen molar-refractivity contribution < 1.29 is 8.42 Å². The maximum atomic E-state index is 12.4. The molecule has 106 valence electrons. The van der Waals surface area contributed by atoms with Crippen LogP contribution in [0, 0.1) is 13.8 Å². The average molecular weight is 419 g/mol. The maximum Gasteiger partial charge on any atom is 0.263 e. The number of hydrogen-bond donors (Lipinski definition) is 1. The molecule has 2 aromatic carbocycles. The molecule has 3 nitrogen and oxygen atoms in total. The second-order valence-electron chi connectivity index (χ2n) is 4.50. The van der Waals surface area contributed by atoms with Gasteiger partial charge >= 0.3 is 0 Å². The van der Waals surface area contributed by atoms with Crippen molar-refractivity contribution in [3.63, 3.8) is 0 Å². The SMILES string of the molecule is Cc1ccc(S(=O)(=O)Nc2ccc(C)c(Br)c2)c(Br)c1. The second kappa shape index (κ2) is 5.87. The molecule has 0 aliphatic carbocycles. The van der Waals surface area contributed by atoms with Crippen molar-refractivity contribution in [3.8, 4) is 0 Å². The summed E-state index contributed by atoms with van der Waals surface area (Å²) in [7, 11) is -3.61. The molecule has 0 spiro atoms. The molecule has 0 unspecified atom stereocenters. The lowest BCUT2D eigenvalue weighted by atomic mass is 10.2. The Morgan fingerprint density at radius 3 is 2.25 bits per heavy atom. The van der Waals surface area contributed by atoms with Gasteiger partial charge in [0.05, 0.1) is 0 Å². The largest absolute Gasteiger partial charge is 0.280 e. The summed E-state index contributed by atoms with van der Waals surface area (Å²) in [6.45, 7) is 3.85. The van der Waals surface area contributed by atoms with Crippen LogP contribution in [-0.4, -0.2) is 8.42 Å². The Balaban J connectivity index is 2.38. The summed E-state index contributed by atoms with van der Waals surface area (Å²) >= 11 is 6.68. The minimum Gasteiger partial charge on any atom is -0.280 e. The maximum absolute atomic E-state index is 12.4. The van der Waals surface area contributed by atoms with E-state index >= 15 is 0 Å². The monoisotopic (exact) mass is 417 g/mol. The molecular formula is C14H13Br2NO2S. The summed E-state index contributed by atoms with van der Waals surface area (Å²) in [6.07, 6.45) is 0. The zero-order valence-corrected chi connectivity index (χ0v) is 14.9. The molecule has 0 fully saturated rings. The summed E-state index contributed by atoms with van der Waals surface area (Å²) < 4.78 is 28.7. The fourth-order valence-electron chi connectivity index (χ4n) is 1.69. The van der Waals surface area contributed by atoms with Crippen LogP contribution in [0.2, 0.25) is 0 Å². The van der Waals surface area contributed by atoms with Crippen molar-refractivity contribution in [3.05, 3.63) is 56.5 Å². The van der Waals surface area contributed by atoms with E-state index in [1.807, 2.05) is 19.9 Å². The van der Waals surface area contributed by atoms with Gasteiger partial charge in [-0.15, -0.1) is 0 Å². The topological polar surface area (TPSA) is 46.2 Å². The number of benzene rings is 2. The summed E-state index contributed by atoms with van der Waals surface area (Å²) in [5.41, 5.74) is 2.56. The molecule has 6 heteroatoms. The van der Waals surface area contributed by atoms with E-state index in [-0.39, 0.29) is 4.90 Å². The molecule has 1 N–H and O–H groups in total. The molecular weight excluding hydrogens is 406 g/mol. The fourth-order valence-corrected chi connectivity index (χ4v) is 4.31. The molecule has 0 radical (unpaired) electrons. The number of hydrogen-bond acceptors (Lipinski definition) is 2. The van der Waals surface area contributed by atoms with Crippen molar-refractivity contribution in [2.24, 2.45) is 0 Å². The minimum absolute atomic E-state index is 0.222. The normalized spacial score (nSPS) is 11.4. The molecule has 0 saturated heterocycles. The number of nitrogens with one attached hydrogen (secondary N) is 1. The highest BCUT2D eigenvalue weighted by atomic mass is 79.9. The van der Waals surface area contributed by atoms with Crippen LogP contribution in [0.1, 0.15) is 11.1 Å². The Hall–Kier alpha value is -0.850. The van der Waals surface area contributed by atoms with E-state index < -0.39 is 10.0 Å². The molecule has 0 amide bonds. The average Bonchev–Trinajstić information content (AvgIpc) is 2.33. The lowest BCUT2D eigenvalue weighted by Gasteiger charge is -2.11. The van der Waals surface area contributed by atoms with Crippen LogP contribution in [-0.2, 0) is 10.0 Å². The molecule has 0 aliphatic heterocycles. The quantitative estimate of drug-likeness (QED) is 0.789. The molecule has 0 atom stereocenters. The third kappa shape index (κ3) is 3.42. The predicted molar refractivity (Wildman–Crippen MR) is 88.6 cm³/mol. The highest BCUT2D eigenvalue weighted by Gasteiger charge is 2.17. The highest BCUT2D eigenvalue weighted by molar-refractivity contribution is 9.10. The van der Waals surface area contributed by atoms with Gasteiger partial charge < -0.3 is 0 Å². The van der Waals surface area contributed by atoms with Crippen molar-refractivity contribution in [2.45, 2.75) is 18.7 Å². The van der Waals surface area contributed by atoms with Gasteiger partial charge in [0.2, 0.25) is 0 Å². The van der Waals surface area contributed by atoms with Gasteiger partial charge in [0.25, 0.3) is 10.0 Å². The van der Waals surface area contributed by atoms with Crippen LogP contribution in [0.15, 0.2) is 50.2 Å². The molecule has 0 aliphatic rings. The summed E-state index contributed by atoms with van der Waals surface area (Å²) in [5, 5.41) is 0.